The molecule has 5 heteroatoms. The molecule has 5 nitrogen and oxygen atoms in total. The molecule has 0 spiro atoms. The van der Waals surface area contributed by atoms with Crippen LogP contribution >= 0.6 is 0 Å². The summed E-state index contributed by atoms with van der Waals surface area (Å²) in [5.74, 6) is 0.0766. The Balaban J connectivity index is 1.91. The van der Waals surface area contributed by atoms with Crippen LogP contribution in [0.5, 0.6) is 0 Å². The van der Waals surface area contributed by atoms with Gasteiger partial charge in [0.15, 0.2) is 0 Å². The van der Waals surface area contributed by atoms with E-state index < -0.39 is 0 Å². The van der Waals surface area contributed by atoms with Gasteiger partial charge in [0.05, 0.1) is 24.6 Å². The zero-order valence-corrected chi connectivity index (χ0v) is 12.5. The fraction of sp³-hybridized carbons (Fsp3) is 0.562. The quantitative estimate of drug-likeness (QED) is 0.754. The van der Waals surface area contributed by atoms with Crippen LogP contribution in [0.2, 0.25) is 0 Å². The predicted octanol–water partition coefficient (Wildman–Crippen LogP) is 1.98. The number of carbonyl (C=O) groups is 1. The molecule has 0 saturated carbocycles. The summed E-state index contributed by atoms with van der Waals surface area (Å²) in [6, 6.07) is 7.97. The number of hydrogen-bond acceptors (Lipinski definition) is 4. The molecular formula is C16H25N3O2. The highest BCUT2D eigenvalue weighted by Gasteiger charge is 2.15. The summed E-state index contributed by atoms with van der Waals surface area (Å²) >= 11 is 0. The minimum absolute atomic E-state index is 0.0766. The topological polar surface area (TPSA) is 67.6 Å². The van der Waals surface area contributed by atoms with Crippen LogP contribution in [0.25, 0.3) is 0 Å². The lowest BCUT2D eigenvalue weighted by molar-refractivity contribution is -0.116. The highest BCUT2D eigenvalue weighted by Crippen LogP contribution is 2.26. The number of anilines is 2. The van der Waals surface area contributed by atoms with Crippen molar-refractivity contribution < 1.29 is 9.53 Å². The van der Waals surface area contributed by atoms with Crippen molar-refractivity contribution in [2.45, 2.75) is 25.7 Å². The molecule has 116 valence electrons. The average molecular weight is 291 g/mol. The van der Waals surface area contributed by atoms with Crippen molar-refractivity contribution in [2.24, 2.45) is 5.73 Å². The maximum Gasteiger partial charge on any atom is 0.224 e. The lowest BCUT2D eigenvalue weighted by atomic mass is 10.1. The van der Waals surface area contributed by atoms with Crippen molar-refractivity contribution in [2.75, 3.05) is 43.1 Å². The summed E-state index contributed by atoms with van der Waals surface area (Å²) in [6.45, 7) is 3.90. The number of nitrogens with zero attached hydrogens (tertiary/aromatic N) is 1. The summed E-state index contributed by atoms with van der Waals surface area (Å²) in [4.78, 5) is 14.3. The lowest BCUT2D eigenvalue weighted by Gasteiger charge is -2.30. The number of carbonyl (C=O) groups excluding carboxylic acids is 1. The third-order valence-corrected chi connectivity index (χ3v) is 3.64. The van der Waals surface area contributed by atoms with Crippen molar-refractivity contribution in [3.05, 3.63) is 24.3 Å². The molecule has 0 bridgehead atoms. The van der Waals surface area contributed by atoms with Gasteiger partial charge in [-0.15, -0.1) is 0 Å². The van der Waals surface area contributed by atoms with Crippen LogP contribution in [0.15, 0.2) is 24.3 Å². The Morgan fingerprint density at radius 2 is 1.95 bits per heavy atom. The number of morpholine rings is 1. The van der Waals surface area contributed by atoms with E-state index in [2.05, 4.69) is 16.3 Å². The maximum absolute atomic E-state index is 12.0. The minimum atomic E-state index is 0.0766. The van der Waals surface area contributed by atoms with Gasteiger partial charge in [-0.05, 0) is 31.5 Å². The molecule has 1 aromatic rings. The number of nitrogens with one attached hydrogen (secondary N) is 1. The van der Waals surface area contributed by atoms with Gasteiger partial charge < -0.3 is 20.7 Å². The van der Waals surface area contributed by atoms with E-state index in [4.69, 9.17) is 10.5 Å². The van der Waals surface area contributed by atoms with Crippen molar-refractivity contribution in [3.8, 4) is 0 Å². The van der Waals surface area contributed by atoms with Crippen LogP contribution < -0.4 is 16.0 Å². The number of unbranched alkanes of at least 4 members (excludes halogenated alkanes) is 2. The molecule has 1 aromatic carbocycles. The van der Waals surface area contributed by atoms with E-state index in [-0.39, 0.29) is 5.91 Å². The zero-order chi connectivity index (χ0) is 14.9. The Labute approximate surface area is 126 Å². The van der Waals surface area contributed by atoms with Gasteiger partial charge in [-0.25, -0.2) is 0 Å². The Morgan fingerprint density at radius 1 is 1.19 bits per heavy atom. The Kier molecular flexibility index (Phi) is 6.50. The van der Waals surface area contributed by atoms with Crippen LogP contribution in [0, 0.1) is 0 Å². The standard InChI is InChI=1S/C16H25N3O2/c17-9-5-1-2-8-16(20)18-14-6-3-4-7-15(14)19-10-12-21-13-11-19/h3-4,6-7H,1-2,5,8-13,17H2,(H,18,20). The molecule has 0 atom stereocenters. The van der Waals surface area contributed by atoms with E-state index in [1.807, 2.05) is 18.2 Å². The van der Waals surface area contributed by atoms with Crippen LogP contribution in [0.1, 0.15) is 25.7 Å². The van der Waals surface area contributed by atoms with Gasteiger partial charge in [0.25, 0.3) is 0 Å². The fourth-order valence-corrected chi connectivity index (χ4v) is 2.48. The third kappa shape index (κ3) is 5.02. The molecule has 1 amide bonds. The molecule has 1 aliphatic rings. The Morgan fingerprint density at radius 3 is 2.71 bits per heavy atom. The Hall–Kier alpha value is -1.59. The molecule has 1 fully saturated rings. The lowest BCUT2D eigenvalue weighted by Crippen LogP contribution is -2.36. The van der Waals surface area contributed by atoms with Crippen LogP contribution in [0.4, 0.5) is 11.4 Å². The van der Waals surface area contributed by atoms with Crippen LogP contribution in [-0.2, 0) is 9.53 Å². The number of para-hydroxylation sites is 2. The first-order chi connectivity index (χ1) is 10.3. The molecule has 3 N–H and O–H groups in total. The van der Waals surface area contributed by atoms with Crippen LogP contribution in [0.3, 0.4) is 0 Å². The molecular weight excluding hydrogens is 266 g/mol. The van der Waals surface area contributed by atoms with Gasteiger partial charge in [0, 0.05) is 19.5 Å². The molecule has 0 unspecified atom stereocenters. The van der Waals surface area contributed by atoms with Crippen molar-refractivity contribution in [1.82, 2.24) is 0 Å². The van der Waals surface area contributed by atoms with E-state index in [1.54, 1.807) is 0 Å². The minimum Gasteiger partial charge on any atom is -0.378 e. The van der Waals surface area contributed by atoms with Gasteiger partial charge in [0.1, 0.15) is 0 Å². The molecule has 1 heterocycles. The first-order valence-corrected chi connectivity index (χ1v) is 7.73. The molecule has 0 aromatic heterocycles. The Bertz CT molecular complexity index is 445. The fourth-order valence-electron chi connectivity index (χ4n) is 2.48. The summed E-state index contributed by atoms with van der Waals surface area (Å²) in [5.41, 5.74) is 7.43. The summed E-state index contributed by atoms with van der Waals surface area (Å²) < 4.78 is 5.38. The van der Waals surface area contributed by atoms with E-state index in [1.165, 1.54) is 0 Å². The second-order valence-electron chi connectivity index (χ2n) is 5.26. The van der Waals surface area contributed by atoms with Gasteiger partial charge in [-0.1, -0.05) is 18.6 Å². The van der Waals surface area contributed by atoms with E-state index in [0.717, 1.165) is 56.9 Å². The largest absolute Gasteiger partial charge is 0.378 e. The number of benzene rings is 1. The highest BCUT2D eigenvalue weighted by atomic mass is 16.5. The number of hydrogen-bond donors (Lipinski definition) is 2. The normalized spacial score (nSPS) is 15.0. The van der Waals surface area contributed by atoms with Crippen molar-refractivity contribution in [3.63, 3.8) is 0 Å². The van der Waals surface area contributed by atoms with Gasteiger partial charge in [-0.3, -0.25) is 4.79 Å². The van der Waals surface area contributed by atoms with E-state index >= 15 is 0 Å². The number of rotatable bonds is 7. The van der Waals surface area contributed by atoms with Gasteiger partial charge in [0.2, 0.25) is 5.91 Å². The van der Waals surface area contributed by atoms with Crippen molar-refractivity contribution >= 4 is 17.3 Å². The first kappa shape index (κ1) is 15.8. The smallest absolute Gasteiger partial charge is 0.224 e. The van der Waals surface area contributed by atoms with Crippen molar-refractivity contribution in [1.29, 1.82) is 0 Å². The van der Waals surface area contributed by atoms with E-state index in [9.17, 15) is 4.79 Å². The highest BCUT2D eigenvalue weighted by molar-refractivity contribution is 5.94. The average Bonchev–Trinajstić information content (AvgIpc) is 2.53. The monoisotopic (exact) mass is 291 g/mol. The number of amides is 1. The summed E-state index contributed by atoms with van der Waals surface area (Å²) in [5, 5.41) is 3.03. The van der Waals surface area contributed by atoms with Gasteiger partial charge >= 0.3 is 0 Å². The summed E-state index contributed by atoms with van der Waals surface area (Å²) in [7, 11) is 0. The SMILES string of the molecule is NCCCCCC(=O)Nc1ccccc1N1CCOCC1. The molecule has 1 aliphatic heterocycles. The summed E-state index contributed by atoms with van der Waals surface area (Å²) in [6.07, 6.45) is 3.44. The molecule has 0 aliphatic carbocycles. The second-order valence-corrected chi connectivity index (χ2v) is 5.26. The van der Waals surface area contributed by atoms with E-state index in [0.29, 0.717) is 13.0 Å². The third-order valence-electron chi connectivity index (χ3n) is 3.64. The first-order valence-electron chi connectivity index (χ1n) is 7.73. The zero-order valence-electron chi connectivity index (χ0n) is 12.5. The molecule has 2 rings (SSSR count). The number of ether oxygens (including phenoxy) is 1. The second kappa shape index (κ2) is 8.64. The number of nitrogens with two attached hydrogens (primary N) is 1. The van der Waals surface area contributed by atoms with Gasteiger partial charge in [-0.2, -0.15) is 0 Å². The molecule has 0 radical (unpaired) electrons. The molecule has 1 saturated heterocycles. The predicted molar refractivity (Wildman–Crippen MR) is 85.6 cm³/mol. The maximum atomic E-state index is 12.0. The molecule has 21 heavy (non-hydrogen) atoms. The van der Waals surface area contributed by atoms with Crippen LogP contribution in [-0.4, -0.2) is 38.8 Å².